The minimum absolute atomic E-state index is 0.301. The minimum atomic E-state index is -0.668. The molecular formula is C14H27NO2. The van der Waals surface area contributed by atoms with Crippen LogP contribution in [0.5, 0.6) is 0 Å². The van der Waals surface area contributed by atoms with Gasteiger partial charge in [-0.15, -0.1) is 0 Å². The average Bonchev–Trinajstić information content (AvgIpc) is 2.25. The zero-order valence-corrected chi connectivity index (χ0v) is 11.7. The summed E-state index contributed by atoms with van der Waals surface area (Å²) < 4.78 is 0. The molecule has 17 heavy (non-hydrogen) atoms. The molecule has 0 unspecified atom stereocenters. The monoisotopic (exact) mass is 241 g/mol. The van der Waals surface area contributed by atoms with E-state index >= 15 is 0 Å². The van der Waals surface area contributed by atoms with Gasteiger partial charge in [0.05, 0.1) is 0 Å². The molecule has 0 heterocycles. The Labute approximate surface area is 105 Å². The molecule has 1 saturated carbocycles. The van der Waals surface area contributed by atoms with Gasteiger partial charge < -0.3 is 10.4 Å². The number of rotatable bonds is 4. The maximum absolute atomic E-state index is 11.5. The predicted molar refractivity (Wildman–Crippen MR) is 70.1 cm³/mol. The quantitative estimate of drug-likeness (QED) is 0.795. The number of hydrogen-bond acceptors (Lipinski definition) is 2. The Morgan fingerprint density at radius 3 is 2.24 bits per heavy atom. The van der Waals surface area contributed by atoms with Gasteiger partial charge in [0.25, 0.3) is 0 Å². The van der Waals surface area contributed by atoms with Crippen LogP contribution < -0.4 is 5.32 Å². The lowest BCUT2D eigenvalue weighted by Gasteiger charge is -2.42. The second kappa shape index (κ2) is 5.38. The van der Waals surface area contributed by atoms with Crippen molar-refractivity contribution in [3.05, 3.63) is 0 Å². The second-order valence-electron chi connectivity index (χ2n) is 6.45. The first-order valence-electron chi connectivity index (χ1n) is 6.80. The fourth-order valence-corrected chi connectivity index (χ4v) is 2.81. The highest BCUT2D eigenvalue weighted by Gasteiger charge is 2.43. The summed E-state index contributed by atoms with van der Waals surface area (Å²) in [5.74, 6) is -0.0169. The molecule has 100 valence electrons. The van der Waals surface area contributed by atoms with Crippen LogP contribution >= 0.6 is 0 Å². The summed E-state index contributed by atoms with van der Waals surface area (Å²) in [6.07, 6.45) is 4.56. The van der Waals surface area contributed by atoms with Crippen LogP contribution in [0, 0.1) is 11.3 Å². The van der Waals surface area contributed by atoms with Crippen molar-refractivity contribution in [1.29, 1.82) is 0 Å². The van der Waals surface area contributed by atoms with Crippen LogP contribution in [0.15, 0.2) is 0 Å². The van der Waals surface area contributed by atoms with Crippen molar-refractivity contribution in [2.24, 2.45) is 11.3 Å². The van der Waals surface area contributed by atoms with Gasteiger partial charge in [0.1, 0.15) is 5.54 Å². The normalized spacial score (nSPS) is 30.2. The Balaban J connectivity index is 2.64. The second-order valence-corrected chi connectivity index (χ2v) is 6.45. The van der Waals surface area contributed by atoms with Crippen molar-refractivity contribution < 1.29 is 9.90 Å². The van der Waals surface area contributed by atoms with E-state index in [0.717, 1.165) is 38.6 Å². The van der Waals surface area contributed by atoms with Crippen LogP contribution in [0.2, 0.25) is 0 Å². The molecule has 0 radical (unpaired) electrons. The molecule has 0 aromatic rings. The standard InChI is InChI=1S/C14H27NO2/c1-5-10-15-14(12(16)17)8-6-11(7-9-14)13(2,3)4/h11,15H,5-10H2,1-4H3,(H,16,17). The third-order valence-electron chi connectivity index (χ3n) is 4.19. The van der Waals surface area contributed by atoms with E-state index in [1.807, 2.05) is 0 Å². The Bertz CT molecular complexity index is 260. The molecule has 3 nitrogen and oxygen atoms in total. The van der Waals surface area contributed by atoms with Crippen molar-refractivity contribution in [2.45, 2.75) is 65.3 Å². The number of aliphatic carboxylic acids is 1. The molecule has 1 fully saturated rings. The SMILES string of the molecule is CCCNC1(C(=O)O)CCC(C(C)(C)C)CC1. The lowest BCUT2D eigenvalue weighted by molar-refractivity contribution is -0.147. The number of nitrogens with one attached hydrogen (secondary N) is 1. The van der Waals surface area contributed by atoms with Crippen molar-refractivity contribution in [1.82, 2.24) is 5.32 Å². The summed E-state index contributed by atoms with van der Waals surface area (Å²) in [6.45, 7) is 9.64. The molecule has 1 rings (SSSR count). The topological polar surface area (TPSA) is 49.3 Å². The Kier molecular flexibility index (Phi) is 4.59. The molecule has 1 aliphatic carbocycles. The van der Waals surface area contributed by atoms with E-state index in [1.165, 1.54) is 0 Å². The number of carboxylic acids is 1. The van der Waals surface area contributed by atoms with Gasteiger partial charge in [-0.1, -0.05) is 27.7 Å². The first-order chi connectivity index (χ1) is 7.82. The van der Waals surface area contributed by atoms with Crippen LogP contribution in [0.1, 0.15) is 59.8 Å². The zero-order chi connectivity index (χ0) is 13.1. The van der Waals surface area contributed by atoms with Crippen LogP contribution in [0.25, 0.3) is 0 Å². The summed E-state index contributed by atoms with van der Waals surface area (Å²) in [7, 11) is 0. The van der Waals surface area contributed by atoms with Gasteiger partial charge in [-0.25, -0.2) is 0 Å². The summed E-state index contributed by atoms with van der Waals surface area (Å²) in [5, 5.41) is 12.7. The molecule has 0 aromatic heterocycles. The predicted octanol–water partition coefficient (Wildman–Crippen LogP) is 3.05. The van der Waals surface area contributed by atoms with E-state index in [4.69, 9.17) is 0 Å². The van der Waals surface area contributed by atoms with Crippen LogP contribution in [-0.2, 0) is 4.79 Å². The highest BCUT2D eigenvalue weighted by atomic mass is 16.4. The lowest BCUT2D eigenvalue weighted by Crippen LogP contribution is -2.55. The van der Waals surface area contributed by atoms with Gasteiger partial charge in [-0.3, -0.25) is 4.79 Å². The smallest absolute Gasteiger partial charge is 0.323 e. The van der Waals surface area contributed by atoms with Crippen molar-refractivity contribution in [3.8, 4) is 0 Å². The van der Waals surface area contributed by atoms with Crippen LogP contribution in [0.4, 0.5) is 0 Å². The molecule has 0 spiro atoms. The van der Waals surface area contributed by atoms with Gasteiger partial charge in [0.2, 0.25) is 0 Å². The molecule has 0 aliphatic heterocycles. The lowest BCUT2D eigenvalue weighted by atomic mass is 9.67. The Morgan fingerprint density at radius 1 is 1.35 bits per heavy atom. The molecule has 1 aliphatic rings. The molecule has 0 amide bonds. The van der Waals surface area contributed by atoms with E-state index in [0.29, 0.717) is 11.3 Å². The molecule has 0 aromatic carbocycles. The molecule has 0 bridgehead atoms. The first-order valence-corrected chi connectivity index (χ1v) is 6.80. The van der Waals surface area contributed by atoms with E-state index in [9.17, 15) is 9.90 Å². The number of hydrogen-bond donors (Lipinski definition) is 2. The number of carboxylic acid groups (broad SMARTS) is 1. The largest absolute Gasteiger partial charge is 0.480 e. The molecule has 3 heteroatoms. The van der Waals surface area contributed by atoms with Crippen molar-refractivity contribution >= 4 is 5.97 Å². The molecule has 0 atom stereocenters. The average molecular weight is 241 g/mol. The highest BCUT2D eigenvalue weighted by Crippen LogP contribution is 2.41. The zero-order valence-electron chi connectivity index (χ0n) is 11.7. The van der Waals surface area contributed by atoms with E-state index < -0.39 is 11.5 Å². The first kappa shape index (κ1) is 14.5. The van der Waals surface area contributed by atoms with E-state index in [-0.39, 0.29) is 0 Å². The van der Waals surface area contributed by atoms with Gasteiger partial charge in [-0.05, 0) is 50.0 Å². The minimum Gasteiger partial charge on any atom is -0.480 e. The van der Waals surface area contributed by atoms with Gasteiger partial charge in [-0.2, -0.15) is 0 Å². The fourth-order valence-electron chi connectivity index (χ4n) is 2.81. The number of carbonyl (C=O) groups is 1. The third kappa shape index (κ3) is 3.44. The summed E-state index contributed by atoms with van der Waals surface area (Å²) in [4.78, 5) is 11.5. The van der Waals surface area contributed by atoms with Gasteiger partial charge in [0.15, 0.2) is 0 Å². The maximum atomic E-state index is 11.5. The molecule has 2 N–H and O–H groups in total. The maximum Gasteiger partial charge on any atom is 0.323 e. The third-order valence-corrected chi connectivity index (χ3v) is 4.19. The summed E-state index contributed by atoms with van der Waals surface area (Å²) in [5.41, 5.74) is -0.354. The van der Waals surface area contributed by atoms with Crippen LogP contribution in [0.3, 0.4) is 0 Å². The summed E-state index contributed by atoms with van der Waals surface area (Å²) in [6, 6.07) is 0. The van der Waals surface area contributed by atoms with Crippen LogP contribution in [-0.4, -0.2) is 23.2 Å². The van der Waals surface area contributed by atoms with E-state index in [2.05, 4.69) is 33.0 Å². The van der Waals surface area contributed by atoms with E-state index in [1.54, 1.807) is 0 Å². The molecular weight excluding hydrogens is 214 g/mol. The Morgan fingerprint density at radius 2 is 1.88 bits per heavy atom. The Hall–Kier alpha value is -0.570. The van der Waals surface area contributed by atoms with Crippen molar-refractivity contribution in [3.63, 3.8) is 0 Å². The van der Waals surface area contributed by atoms with Gasteiger partial charge in [0, 0.05) is 0 Å². The fraction of sp³-hybridized carbons (Fsp3) is 0.929. The van der Waals surface area contributed by atoms with Crippen molar-refractivity contribution in [2.75, 3.05) is 6.54 Å². The highest BCUT2D eigenvalue weighted by molar-refractivity contribution is 5.78. The van der Waals surface area contributed by atoms with Gasteiger partial charge >= 0.3 is 5.97 Å². The molecule has 0 saturated heterocycles. The summed E-state index contributed by atoms with van der Waals surface area (Å²) >= 11 is 0.